The molecule has 112 valence electrons. The maximum Gasteiger partial charge on any atom is 0.247 e. The predicted molar refractivity (Wildman–Crippen MR) is 88.2 cm³/mol. The van der Waals surface area contributed by atoms with E-state index < -0.39 is 0 Å². The van der Waals surface area contributed by atoms with Crippen molar-refractivity contribution in [3.63, 3.8) is 0 Å². The highest BCUT2D eigenvalue weighted by molar-refractivity contribution is 5.94. The molecule has 3 nitrogen and oxygen atoms in total. The quantitative estimate of drug-likeness (QED) is 0.592. The molecule has 0 heterocycles. The number of anilines is 1. The summed E-state index contributed by atoms with van der Waals surface area (Å²) in [6.45, 7) is 5.16. The molecule has 0 spiro atoms. The topological polar surface area (TPSA) is 41.1 Å². The van der Waals surface area contributed by atoms with Crippen molar-refractivity contribution in [3.05, 3.63) is 54.1 Å². The standard InChI is InChI=1S/C18H24N2O/c1-2-8-15-9-6-7-12-17(15)18(21)20-14-13-19-16-10-4-3-5-11-16/h2-5,10-11,19H,1,6-9,12-14H2,(H,20,21). The van der Waals surface area contributed by atoms with E-state index in [4.69, 9.17) is 0 Å². The van der Waals surface area contributed by atoms with Gasteiger partial charge in [-0.1, -0.05) is 29.8 Å². The molecule has 0 bridgehead atoms. The number of carbonyl (C=O) groups is 1. The van der Waals surface area contributed by atoms with Gasteiger partial charge in [-0.15, -0.1) is 6.58 Å². The lowest BCUT2D eigenvalue weighted by molar-refractivity contribution is -0.117. The molecule has 0 saturated heterocycles. The van der Waals surface area contributed by atoms with E-state index in [-0.39, 0.29) is 5.91 Å². The summed E-state index contributed by atoms with van der Waals surface area (Å²) >= 11 is 0. The molecule has 1 aromatic rings. The molecule has 0 aliphatic heterocycles. The van der Waals surface area contributed by atoms with E-state index in [1.165, 1.54) is 12.0 Å². The first-order chi connectivity index (χ1) is 10.3. The number of hydrogen-bond acceptors (Lipinski definition) is 2. The Morgan fingerprint density at radius 3 is 2.67 bits per heavy atom. The van der Waals surface area contributed by atoms with Gasteiger partial charge in [0, 0.05) is 24.4 Å². The zero-order valence-corrected chi connectivity index (χ0v) is 12.5. The van der Waals surface area contributed by atoms with Crippen LogP contribution < -0.4 is 10.6 Å². The molecule has 0 saturated carbocycles. The summed E-state index contributed by atoms with van der Waals surface area (Å²) in [5, 5.41) is 6.31. The van der Waals surface area contributed by atoms with Crippen LogP contribution in [-0.2, 0) is 4.79 Å². The molecule has 2 rings (SSSR count). The van der Waals surface area contributed by atoms with Crippen LogP contribution in [0.25, 0.3) is 0 Å². The van der Waals surface area contributed by atoms with Crippen LogP contribution in [0.5, 0.6) is 0 Å². The van der Waals surface area contributed by atoms with Gasteiger partial charge in [0.15, 0.2) is 0 Å². The van der Waals surface area contributed by atoms with Crippen molar-refractivity contribution >= 4 is 11.6 Å². The number of nitrogens with one attached hydrogen (secondary N) is 2. The molecule has 0 unspecified atom stereocenters. The van der Waals surface area contributed by atoms with Crippen LogP contribution in [-0.4, -0.2) is 19.0 Å². The minimum absolute atomic E-state index is 0.0985. The average molecular weight is 284 g/mol. The van der Waals surface area contributed by atoms with Crippen LogP contribution in [0.2, 0.25) is 0 Å². The Bertz CT molecular complexity index is 505. The van der Waals surface area contributed by atoms with Crippen LogP contribution in [0.15, 0.2) is 54.1 Å². The van der Waals surface area contributed by atoms with Crippen molar-refractivity contribution in [3.8, 4) is 0 Å². The van der Waals surface area contributed by atoms with E-state index in [0.717, 1.165) is 43.5 Å². The first kappa shape index (κ1) is 15.4. The van der Waals surface area contributed by atoms with Crippen molar-refractivity contribution in [2.24, 2.45) is 0 Å². The highest BCUT2D eigenvalue weighted by atomic mass is 16.1. The van der Waals surface area contributed by atoms with Crippen LogP contribution in [0.1, 0.15) is 32.1 Å². The first-order valence-electron chi connectivity index (χ1n) is 7.70. The third-order valence-electron chi connectivity index (χ3n) is 3.76. The SMILES string of the molecule is C=CCC1=C(C(=O)NCCNc2ccccc2)CCCC1. The van der Waals surface area contributed by atoms with E-state index in [1.807, 2.05) is 36.4 Å². The van der Waals surface area contributed by atoms with Gasteiger partial charge in [-0.2, -0.15) is 0 Å². The third kappa shape index (κ3) is 4.78. The second-order valence-electron chi connectivity index (χ2n) is 5.33. The Kier molecular flexibility index (Phi) is 6.07. The molecule has 0 fully saturated rings. The van der Waals surface area contributed by atoms with Gasteiger partial charge in [-0.3, -0.25) is 4.79 Å². The summed E-state index contributed by atoms with van der Waals surface area (Å²) in [5.74, 6) is 0.0985. The fourth-order valence-electron chi connectivity index (χ4n) is 2.69. The van der Waals surface area contributed by atoms with Crippen molar-refractivity contribution in [2.75, 3.05) is 18.4 Å². The minimum atomic E-state index is 0.0985. The largest absolute Gasteiger partial charge is 0.383 e. The minimum Gasteiger partial charge on any atom is -0.383 e. The Balaban J connectivity index is 1.79. The lowest BCUT2D eigenvalue weighted by Crippen LogP contribution is -2.31. The Morgan fingerprint density at radius 1 is 1.14 bits per heavy atom. The molecular weight excluding hydrogens is 260 g/mol. The van der Waals surface area contributed by atoms with Gasteiger partial charge in [0.25, 0.3) is 0 Å². The molecule has 1 aliphatic carbocycles. The summed E-state index contributed by atoms with van der Waals surface area (Å²) in [5.41, 5.74) is 3.33. The van der Waals surface area contributed by atoms with E-state index in [0.29, 0.717) is 6.54 Å². The van der Waals surface area contributed by atoms with Crippen LogP contribution in [0, 0.1) is 0 Å². The Hall–Kier alpha value is -2.03. The zero-order valence-electron chi connectivity index (χ0n) is 12.5. The monoisotopic (exact) mass is 284 g/mol. The number of allylic oxidation sites excluding steroid dienone is 2. The molecule has 1 amide bonds. The second kappa shape index (κ2) is 8.30. The molecule has 1 aromatic carbocycles. The van der Waals surface area contributed by atoms with Crippen molar-refractivity contribution in [2.45, 2.75) is 32.1 Å². The average Bonchev–Trinajstić information content (AvgIpc) is 2.53. The number of amides is 1. The molecule has 0 aromatic heterocycles. The normalized spacial score (nSPS) is 14.7. The first-order valence-corrected chi connectivity index (χ1v) is 7.70. The highest BCUT2D eigenvalue weighted by Crippen LogP contribution is 2.27. The molecule has 0 atom stereocenters. The molecule has 0 radical (unpaired) electrons. The third-order valence-corrected chi connectivity index (χ3v) is 3.76. The van der Waals surface area contributed by atoms with Crippen molar-refractivity contribution in [1.82, 2.24) is 5.32 Å². The summed E-state index contributed by atoms with van der Waals surface area (Å²) in [4.78, 5) is 12.3. The fourth-order valence-corrected chi connectivity index (χ4v) is 2.69. The van der Waals surface area contributed by atoms with E-state index in [2.05, 4.69) is 17.2 Å². The molecular formula is C18H24N2O. The van der Waals surface area contributed by atoms with Crippen molar-refractivity contribution in [1.29, 1.82) is 0 Å². The number of carbonyl (C=O) groups excluding carboxylic acids is 1. The second-order valence-corrected chi connectivity index (χ2v) is 5.33. The highest BCUT2D eigenvalue weighted by Gasteiger charge is 2.17. The van der Waals surface area contributed by atoms with Gasteiger partial charge in [0.05, 0.1) is 0 Å². The molecule has 3 heteroatoms. The summed E-state index contributed by atoms with van der Waals surface area (Å²) < 4.78 is 0. The lowest BCUT2D eigenvalue weighted by Gasteiger charge is -2.19. The maximum absolute atomic E-state index is 12.3. The number of rotatable bonds is 7. The number of para-hydroxylation sites is 1. The summed E-state index contributed by atoms with van der Waals surface area (Å²) in [6.07, 6.45) is 6.98. The van der Waals surface area contributed by atoms with Gasteiger partial charge in [-0.05, 0) is 44.2 Å². The van der Waals surface area contributed by atoms with Gasteiger partial charge in [0.1, 0.15) is 0 Å². The van der Waals surface area contributed by atoms with Crippen LogP contribution >= 0.6 is 0 Å². The Labute approximate surface area is 127 Å². The van der Waals surface area contributed by atoms with E-state index in [1.54, 1.807) is 0 Å². The van der Waals surface area contributed by atoms with E-state index in [9.17, 15) is 4.79 Å². The van der Waals surface area contributed by atoms with Crippen molar-refractivity contribution < 1.29 is 4.79 Å². The maximum atomic E-state index is 12.3. The molecule has 1 aliphatic rings. The predicted octanol–water partition coefficient (Wildman–Crippen LogP) is 3.66. The van der Waals surface area contributed by atoms with Crippen LogP contribution in [0.3, 0.4) is 0 Å². The lowest BCUT2D eigenvalue weighted by atomic mass is 9.89. The van der Waals surface area contributed by atoms with Gasteiger partial charge >= 0.3 is 0 Å². The van der Waals surface area contributed by atoms with Crippen LogP contribution in [0.4, 0.5) is 5.69 Å². The Morgan fingerprint density at radius 2 is 1.90 bits per heavy atom. The zero-order chi connectivity index (χ0) is 14.9. The number of benzene rings is 1. The summed E-state index contributed by atoms with van der Waals surface area (Å²) in [7, 11) is 0. The number of hydrogen-bond donors (Lipinski definition) is 2. The van der Waals surface area contributed by atoms with Gasteiger partial charge in [-0.25, -0.2) is 0 Å². The summed E-state index contributed by atoms with van der Waals surface area (Å²) in [6, 6.07) is 10.0. The van der Waals surface area contributed by atoms with Gasteiger partial charge in [0.2, 0.25) is 5.91 Å². The molecule has 2 N–H and O–H groups in total. The van der Waals surface area contributed by atoms with Gasteiger partial charge < -0.3 is 10.6 Å². The fraction of sp³-hybridized carbons (Fsp3) is 0.389. The molecule has 21 heavy (non-hydrogen) atoms. The van der Waals surface area contributed by atoms with E-state index >= 15 is 0 Å². The smallest absolute Gasteiger partial charge is 0.247 e.